The summed E-state index contributed by atoms with van der Waals surface area (Å²) in [5.41, 5.74) is -1.51. The molecule has 5 N–H and O–H groups in total. The van der Waals surface area contributed by atoms with Gasteiger partial charge in [0, 0.05) is 30.4 Å². The van der Waals surface area contributed by atoms with Crippen LogP contribution in [-0.4, -0.2) is 214 Å². The molecule has 0 radical (unpaired) electrons. The summed E-state index contributed by atoms with van der Waals surface area (Å²) in [6, 6.07) is 0. The van der Waals surface area contributed by atoms with Crippen LogP contribution in [-0.2, 0) is 80.8 Å². The molecule has 364 valence electrons. The van der Waals surface area contributed by atoms with Crippen molar-refractivity contribution in [3.63, 3.8) is 0 Å². The van der Waals surface area contributed by atoms with Crippen molar-refractivity contribution in [2.24, 2.45) is 10.8 Å². The lowest BCUT2D eigenvalue weighted by Gasteiger charge is -2.33. The molecule has 22 nitrogen and oxygen atoms in total. The fraction of sp³-hybridized carbons (Fsp3) is 0.634. The number of esters is 4. The molecule has 0 aliphatic rings. The van der Waals surface area contributed by atoms with Gasteiger partial charge in [-0.2, -0.15) is 0 Å². The molecule has 0 rings (SSSR count). The summed E-state index contributed by atoms with van der Waals surface area (Å²) in [5, 5.41) is 42.8. The topological polar surface area (TPSA) is 297 Å². The summed E-state index contributed by atoms with van der Waals surface area (Å²) in [7, 11) is 0. The van der Waals surface area contributed by atoms with Crippen LogP contribution < -0.4 is 0 Å². The molecule has 0 amide bonds. The maximum absolute atomic E-state index is 11.2. The van der Waals surface area contributed by atoms with E-state index in [0.717, 1.165) is 30.4 Å². The normalized spacial score (nSPS) is 10.7. The molecule has 0 unspecified atom stereocenters. The second kappa shape index (κ2) is 45.6. The molecule has 0 spiro atoms. The highest BCUT2D eigenvalue weighted by atomic mass is 16.6. The van der Waals surface area contributed by atoms with E-state index >= 15 is 0 Å². The van der Waals surface area contributed by atoms with Gasteiger partial charge in [0.05, 0.1) is 143 Å². The molecule has 0 atom stereocenters. The summed E-state index contributed by atoms with van der Waals surface area (Å²) in [5.74, 6) is -3.31. The van der Waals surface area contributed by atoms with Crippen LogP contribution >= 0.6 is 0 Å². The predicted molar refractivity (Wildman–Crippen MR) is 222 cm³/mol. The molecular weight excluding hydrogens is 844 g/mol. The fourth-order valence-corrected chi connectivity index (χ4v) is 4.11. The number of aliphatic hydroxyl groups excluding tert-OH is 4. The summed E-state index contributed by atoms with van der Waals surface area (Å²) in [6.07, 6.45) is 4.99. The minimum atomic E-state index is -0.981. The van der Waals surface area contributed by atoms with E-state index in [1.165, 1.54) is 0 Å². The molecule has 0 aliphatic carbocycles. The third-order valence-corrected chi connectivity index (χ3v) is 6.94. The largest absolute Gasteiger partial charge is 0.478 e. The predicted octanol–water partition coefficient (Wildman–Crippen LogP) is -0.779. The van der Waals surface area contributed by atoms with Gasteiger partial charge in [-0.05, 0) is 0 Å². The molecule has 0 saturated carbocycles. The molecule has 63 heavy (non-hydrogen) atoms. The Morgan fingerprint density at radius 1 is 0.333 bits per heavy atom. The molecule has 0 heterocycles. The molecule has 0 fully saturated rings. The Bertz CT molecular complexity index is 1070. The molecule has 0 aliphatic heterocycles. The molecule has 0 aromatic carbocycles. The van der Waals surface area contributed by atoms with Gasteiger partial charge in [0.25, 0.3) is 0 Å². The Hall–Kier alpha value is -4.43. The van der Waals surface area contributed by atoms with Gasteiger partial charge in [0.1, 0.15) is 26.4 Å². The van der Waals surface area contributed by atoms with Crippen LogP contribution in [0.15, 0.2) is 63.3 Å². The Balaban J connectivity index is -0.00000116. The van der Waals surface area contributed by atoms with Gasteiger partial charge in [0.15, 0.2) is 0 Å². The first-order valence-electron chi connectivity index (χ1n) is 19.4. The van der Waals surface area contributed by atoms with Gasteiger partial charge in [-0.3, -0.25) is 0 Å². The first-order chi connectivity index (χ1) is 30.3. The molecule has 22 heteroatoms. The van der Waals surface area contributed by atoms with Crippen molar-refractivity contribution in [2.45, 2.75) is 0 Å². The molecule has 0 aromatic heterocycles. The number of hydrogen-bond acceptors (Lipinski definition) is 21. The maximum Gasteiger partial charge on any atom is 0.330 e. The SMILES string of the molecule is C=CC(=O)O.C=CC(=O)OCCOCC(COCCOC(=O)C=C)(COCCOC(=O)C=C)COCCOC(=O)C=C.OCCOCC(COCCO)(COCCO)COCCO. The minimum absolute atomic E-state index is 0.00395. The van der Waals surface area contributed by atoms with Gasteiger partial charge in [0.2, 0.25) is 0 Å². The number of aliphatic hydroxyl groups is 4. The number of hydrogen-bond donors (Lipinski definition) is 5. The van der Waals surface area contributed by atoms with Crippen LogP contribution in [0.25, 0.3) is 0 Å². The van der Waals surface area contributed by atoms with E-state index in [4.69, 9.17) is 82.4 Å². The standard InChI is InChI=1S/C25H36O12.C13H28O8.C3H4O2/c1-5-21(26)34-13-9-30-17-25(18-31-10-14-35-22(27)6-2,19-32-11-15-36-23(28)7-3)20-33-12-16-37-24(29)8-4;14-1-5-18-9-13(10-19-6-2-15,11-20-7-3-16)12-21-8-4-17;1-2-3(4)5/h5-8H,1-4,9-20H2;14-17H,1-12H2;2H,1H2,(H,4,5). The lowest BCUT2D eigenvalue weighted by Crippen LogP contribution is -2.43. The maximum atomic E-state index is 11.2. The summed E-state index contributed by atoms with van der Waals surface area (Å²) in [6.45, 7) is 18.0. The van der Waals surface area contributed by atoms with E-state index in [9.17, 15) is 24.0 Å². The van der Waals surface area contributed by atoms with Crippen LogP contribution in [0.2, 0.25) is 0 Å². The zero-order chi connectivity index (χ0) is 47.9. The van der Waals surface area contributed by atoms with E-state index < -0.39 is 40.7 Å². The summed E-state index contributed by atoms with van der Waals surface area (Å²) in [4.78, 5) is 54.1. The van der Waals surface area contributed by atoms with Gasteiger partial charge in [-0.15, -0.1) is 0 Å². The Labute approximate surface area is 368 Å². The number of ether oxygens (including phenoxy) is 12. The second-order valence-electron chi connectivity index (χ2n) is 12.3. The lowest BCUT2D eigenvalue weighted by molar-refractivity contribution is -0.146. The molecule has 0 saturated heterocycles. The first kappa shape index (κ1) is 62.9. The van der Waals surface area contributed by atoms with E-state index in [-0.39, 0.29) is 159 Å². The lowest BCUT2D eigenvalue weighted by atomic mass is 9.92. The molecular formula is C41H68O22. The number of carboxylic acids is 1. The van der Waals surface area contributed by atoms with Crippen LogP contribution in [0.5, 0.6) is 0 Å². The van der Waals surface area contributed by atoms with E-state index in [1.807, 2.05) is 0 Å². The Morgan fingerprint density at radius 3 is 0.651 bits per heavy atom. The quantitative estimate of drug-likeness (QED) is 0.0218. The average molecular weight is 913 g/mol. The van der Waals surface area contributed by atoms with E-state index in [2.05, 4.69) is 32.9 Å². The van der Waals surface area contributed by atoms with Crippen molar-refractivity contribution in [1.82, 2.24) is 0 Å². The monoisotopic (exact) mass is 912 g/mol. The highest BCUT2D eigenvalue weighted by Gasteiger charge is 2.34. The summed E-state index contributed by atoms with van der Waals surface area (Å²) >= 11 is 0. The zero-order valence-electron chi connectivity index (χ0n) is 36.1. The number of carbonyl (C=O) groups excluding carboxylic acids is 4. The van der Waals surface area contributed by atoms with Crippen molar-refractivity contribution in [3.8, 4) is 0 Å². The van der Waals surface area contributed by atoms with Gasteiger partial charge >= 0.3 is 29.8 Å². The van der Waals surface area contributed by atoms with Crippen LogP contribution in [0.3, 0.4) is 0 Å². The number of rotatable bonds is 41. The molecule has 0 aromatic rings. The second-order valence-corrected chi connectivity index (χ2v) is 12.3. The third-order valence-electron chi connectivity index (χ3n) is 6.94. The van der Waals surface area contributed by atoms with Gasteiger partial charge < -0.3 is 82.4 Å². The zero-order valence-corrected chi connectivity index (χ0v) is 36.1. The van der Waals surface area contributed by atoms with Crippen molar-refractivity contribution < 1.29 is 106 Å². The van der Waals surface area contributed by atoms with Gasteiger partial charge in [-0.1, -0.05) is 32.9 Å². The highest BCUT2D eigenvalue weighted by molar-refractivity contribution is 5.82. The summed E-state index contributed by atoms with van der Waals surface area (Å²) < 4.78 is 63.8. The number of aliphatic carboxylic acids is 1. The highest BCUT2D eigenvalue weighted by Crippen LogP contribution is 2.22. The van der Waals surface area contributed by atoms with E-state index in [0.29, 0.717) is 0 Å². The van der Waals surface area contributed by atoms with Crippen LogP contribution in [0.1, 0.15) is 0 Å². The minimum Gasteiger partial charge on any atom is -0.478 e. The third kappa shape index (κ3) is 41.3. The van der Waals surface area contributed by atoms with Crippen LogP contribution in [0.4, 0.5) is 0 Å². The smallest absolute Gasteiger partial charge is 0.330 e. The Morgan fingerprint density at radius 2 is 0.508 bits per heavy atom. The fourth-order valence-electron chi connectivity index (χ4n) is 4.11. The van der Waals surface area contributed by atoms with Crippen molar-refractivity contribution in [1.29, 1.82) is 0 Å². The van der Waals surface area contributed by atoms with Crippen molar-refractivity contribution in [3.05, 3.63) is 63.3 Å². The molecule has 0 bridgehead atoms. The van der Waals surface area contributed by atoms with Gasteiger partial charge in [-0.25, -0.2) is 24.0 Å². The first-order valence-corrected chi connectivity index (χ1v) is 19.4. The van der Waals surface area contributed by atoms with E-state index in [1.54, 1.807) is 0 Å². The van der Waals surface area contributed by atoms with Crippen molar-refractivity contribution >= 4 is 29.8 Å². The van der Waals surface area contributed by atoms with Crippen LogP contribution in [0, 0.1) is 10.8 Å². The average Bonchev–Trinajstić information content (AvgIpc) is 3.28. The number of carbonyl (C=O) groups is 5. The number of carboxylic acid groups (broad SMARTS) is 1. The van der Waals surface area contributed by atoms with Crippen molar-refractivity contribution in [2.75, 3.05) is 159 Å². The Kier molecular flexibility index (Phi) is 45.5.